The lowest BCUT2D eigenvalue weighted by Gasteiger charge is -2.12. The van der Waals surface area contributed by atoms with E-state index in [9.17, 15) is 18.0 Å². The molecular weight excluding hydrogens is 293 g/mol. The molecule has 0 aliphatic heterocycles. The number of nitrogens with zero attached hydrogens (tertiary/aromatic N) is 2. The number of aromatic nitrogens is 1. The number of carbonyl (C=O) groups excluding carboxylic acids is 1. The van der Waals surface area contributed by atoms with Crippen LogP contribution in [0.25, 0.3) is 0 Å². The first-order chi connectivity index (χ1) is 9.79. The van der Waals surface area contributed by atoms with Crippen LogP contribution in [0.2, 0.25) is 0 Å². The molecule has 116 valence electrons. The summed E-state index contributed by atoms with van der Waals surface area (Å²) in [5.74, 6) is -0.607. The second kappa shape index (κ2) is 6.77. The van der Waals surface area contributed by atoms with Crippen LogP contribution in [0.1, 0.15) is 18.2 Å². The van der Waals surface area contributed by atoms with Crippen LogP contribution < -0.4 is 15.8 Å². The molecule has 1 rings (SSSR count). The second-order valence-corrected chi connectivity index (χ2v) is 3.61. The van der Waals surface area contributed by atoms with Crippen molar-refractivity contribution in [3.8, 4) is 5.75 Å². The van der Waals surface area contributed by atoms with Crippen molar-refractivity contribution < 1.29 is 27.5 Å². The number of halogens is 3. The van der Waals surface area contributed by atoms with Gasteiger partial charge in [-0.1, -0.05) is 5.16 Å². The Hall–Kier alpha value is -2.52. The summed E-state index contributed by atoms with van der Waals surface area (Å²) in [5, 5.41) is 5.37. The van der Waals surface area contributed by atoms with E-state index in [2.05, 4.69) is 20.3 Å². The molecule has 0 unspecified atom stereocenters. The normalized spacial score (nSPS) is 12.0. The monoisotopic (exact) mass is 306 g/mol. The number of carbonyl (C=O) groups is 1. The Morgan fingerprint density at radius 3 is 2.71 bits per heavy atom. The Balaban J connectivity index is 3.14. The maximum Gasteiger partial charge on any atom is 0.433 e. The van der Waals surface area contributed by atoms with Gasteiger partial charge < -0.3 is 15.8 Å². The van der Waals surface area contributed by atoms with E-state index < -0.39 is 23.7 Å². The first kappa shape index (κ1) is 16.5. The molecule has 0 radical (unpaired) electrons. The fourth-order valence-corrected chi connectivity index (χ4v) is 1.24. The van der Waals surface area contributed by atoms with Gasteiger partial charge in [0.1, 0.15) is 5.75 Å². The van der Waals surface area contributed by atoms with Crippen molar-refractivity contribution in [2.75, 3.05) is 13.7 Å². The van der Waals surface area contributed by atoms with Gasteiger partial charge >= 0.3 is 12.3 Å². The quantitative estimate of drug-likeness (QED) is 0.380. The van der Waals surface area contributed by atoms with Crippen molar-refractivity contribution in [1.29, 1.82) is 0 Å². The molecule has 0 fully saturated rings. The van der Waals surface area contributed by atoms with Crippen LogP contribution in [0.15, 0.2) is 17.4 Å². The number of alkyl halides is 3. The van der Waals surface area contributed by atoms with E-state index in [1.165, 1.54) is 7.05 Å². The lowest BCUT2D eigenvalue weighted by Crippen LogP contribution is -2.22. The number of nitrogens with two attached hydrogens (primary N) is 1. The molecule has 1 heterocycles. The van der Waals surface area contributed by atoms with Gasteiger partial charge in [0.15, 0.2) is 11.5 Å². The van der Waals surface area contributed by atoms with Crippen LogP contribution in [-0.2, 0) is 11.0 Å². The van der Waals surface area contributed by atoms with Gasteiger partial charge in [-0.3, -0.25) is 4.84 Å². The highest BCUT2D eigenvalue weighted by Crippen LogP contribution is 2.32. The van der Waals surface area contributed by atoms with Crippen LogP contribution in [0, 0.1) is 0 Å². The zero-order chi connectivity index (χ0) is 16.0. The van der Waals surface area contributed by atoms with Gasteiger partial charge in [0, 0.05) is 13.2 Å². The third kappa shape index (κ3) is 4.51. The summed E-state index contributed by atoms with van der Waals surface area (Å²) in [7, 11) is 1.30. The van der Waals surface area contributed by atoms with Crippen molar-refractivity contribution in [3.63, 3.8) is 0 Å². The Bertz CT molecular complexity index is 546. The number of hydrogen-bond donors (Lipinski definition) is 2. The van der Waals surface area contributed by atoms with Crippen molar-refractivity contribution >= 4 is 11.9 Å². The van der Waals surface area contributed by atoms with Crippen LogP contribution in [0.5, 0.6) is 5.75 Å². The van der Waals surface area contributed by atoms with Gasteiger partial charge in [-0.15, -0.1) is 0 Å². The van der Waals surface area contributed by atoms with Gasteiger partial charge in [0.05, 0.1) is 12.2 Å². The summed E-state index contributed by atoms with van der Waals surface area (Å²) in [5.41, 5.74) is 4.36. The van der Waals surface area contributed by atoms with Gasteiger partial charge in [-0.05, 0) is 13.0 Å². The number of amidine groups is 1. The van der Waals surface area contributed by atoms with Crippen molar-refractivity contribution in [2.24, 2.45) is 10.9 Å². The summed E-state index contributed by atoms with van der Waals surface area (Å²) in [4.78, 5) is 18.7. The van der Waals surface area contributed by atoms with E-state index in [-0.39, 0.29) is 18.1 Å². The molecule has 0 aliphatic carbocycles. The molecule has 1 aromatic rings. The van der Waals surface area contributed by atoms with Crippen molar-refractivity contribution in [1.82, 2.24) is 10.3 Å². The molecule has 0 saturated heterocycles. The molecule has 10 heteroatoms. The molecule has 0 bridgehead atoms. The van der Waals surface area contributed by atoms with Crippen molar-refractivity contribution in [2.45, 2.75) is 13.1 Å². The Labute approximate surface area is 117 Å². The fourth-order valence-electron chi connectivity index (χ4n) is 1.24. The number of ether oxygens (including phenoxy) is 1. The Morgan fingerprint density at radius 1 is 1.52 bits per heavy atom. The Morgan fingerprint density at radius 2 is 2.19 bits per heavy atom. The predicted octanol–water partition coefficient (Wildman–Crippen LogP) is 1.48. The molecule has 1 amide bonds. The molecule has 0 spiro atoms. The lowest BCUT2D eigenvalue weighted by molar-refractivity contribution is -0.137. The highest BCUT2D eigenvalue weighted by Gasteiger charge is 2.32. The summed E-state index contributed by atoms with van der Waals surface area (Å²) in [6.07, 6.45) is -4.87. The van der Waals surface area contributed by atoms with Gasteiger partial charge in [-0.2, -0.15) is 13.2 Å². The van der Waals surface area contributed by atoms with Gasteiger partial charge in [0.2, 0.25) is 0 Å². The minimum absolute atomic E-state index is 0.0968. The van der Waals surface area contributed by atoms with E-state index in [1.807, 2.05) is 0 Å². The highest BCUT2D eigenvalue weighted by molar-refractivity contribution is 5.98. The Kier molecular flexibility index (Phi) is 5.33. The number of oxime groups is 1. The fraction of sp³-hybridized carbons (Fsp3) is 0.364. The van der Waals surface area contributed by atoms with Crippen LogP contribution >= 0.6 is 0 Å². The molecule has 7 nitrogen and oxygen atoms in total. The maximum atomic E-state index is 12.6. The minimum Gasteiger partial charge on any atom is -0.491 e. The number of amides is 1. The molecule has 3 N–H and O–H groups in total. The largest absolute Gasteiger partial charge is 0.491 e. The van der Waals surface area contributed by atoms with E-state index in [4.69, 9.17) is 10.5 Å². The average Bonchev–Trinajstić information content (AvgIpc) is 2.43. The zero-order valence-corrected chi connectivity index (χ0v) is 11.2. The lowest BCUT2D eigenvalue weighted by atomic mass is 10.2. The topological polar surface area (TPSA) is 98.8 Å². The number of hydrogen-bond acceptors (Lipinski definition) is 5. The average molecular weight is 306 g/mol. The van der Waals surface area contributed by atoms with Crippen LogP contribution in [0.3, 0.4) is 0 Å². The first-order valence-corrected chi connectivity index (χ1v) is 5.72. The van der Waals surface area contributed by atoms with Gasteiger partial charge in [-0.25, -0.2) is 9.78 Å². The predicted molar refractivity (Wildman–Crippen MR) is 66.7 cm³/mol. The number of pyridine rings is 1. The van der Waals surface area contributed by atoms with E-state index in [0.717, 1.165) is 6.07 Å². The number of nitrogens with one attached hydrogen (secondary N) is 1. The van der Waals surface area contributed by atoms with Gasteiger partial charge in [0.25, 0.3) is 0 Å². The molecule has 0 aliphatic rings. The second-order valence-electron chi connectivity index (χ2n) is 3.61. The van der Waals surface area contributed by atoms with Crippen LogP contribution in [-0.4, -0.2) is 30.6 Å². The smallest absolute Gasteiger partial charge is 0.433 e. The standard InChI is InChI=1S/C11H13F3N4O3/c1-3-20-7-4-6(11(12,13)14)5-17-8(7)9(15)18-21-10(19)16-2/h4-5H,3H2,1-2H3,(H2,15,18)(H,16,19). The molecule has 0 atom stereocenters. The summed E-state index contributed by atoms with van der Waals surface area (Å²) < 4.78 is 42.9. The van der Waals surface area contributed by atoms with E-state index in [1.54, 1.807) is 6.92 Å². The number of rotatable bonds is 4. The highest BCUT2D eigenvalue weighted by atomic mass is 19.4. The third-order valence-corrected chi connectivity index (χ3v) is 2.15. The molecule has 0 saturated carbocycles. The SMILES string of the molecule is CCOc1cc(C(F)(F)F)cnc1/C(N)=N\OC(=O)NC. The van der Waals surface area contributed by atoms with Crippen molar-refractivity contribution in [3.05, 3.63) is 23.5 Å². The summed E-state index contributed by atoms with van der Waals surface area (Å²) in [6, 6.07) is 0.744. The molecule has 1 aromatic heterocycles. The van der Waals surface area contributed by atoms with Crippen LogP contribution in [0.4, 0.5) is 18.0 Å². The maximum absolute atomic E-state index is 12.6. The molecule has 21 heavy (non-hydrogen) atoms. The third-order valence-electron chi connectivity index (χ3n) is 2.15. The molecular formula is C11H13F3N4O3. The van der Waals surface area contributed by atoms with E-state index >= 15 is 0 Å². The minimum atomic E-state index is -4.57. The molecule has 0 aromatic carbocycles. The van der Waals surface area contributed by atoms with E-state index in [0.29, 0.717) is 6.20 Å². The summed E-state index contributed by atoms with van der Waals surface area (Å²) >= 11 is 0. The zero-order valence-electron chi connectivity index (χ0n) is 11.2. The summed E-state index contributed by atoms with van der Waals surface area (Å²) in [6.45, 7) is 1.68. The first-order valence-electron chi connectivity index (χ1n) is 5.72.